The van der Waals surface area contributed by atoms with Crippen molar-refractivity contribution in [1.29, 1.82) is 0 Å². The third kappa shape index (κ3) is 21.0. The molecule has 410 valence electrons. The fourth-order valence-corrected chi connectivity index (χ4v) is 8.15. The average Bonchev–Trinajstić information content (AvgIpc) is 3.85. The number of likely N-dealkylation sites (tertiary alicyclic amines) is 1. The van der Waals surface area contributed by atoms with Crippen LogP contribution in [-0.2, 0) is 70.4 Å². The fourth-order valence-electron chi connectivity index (χ4n) is 7.90. The van der Waals surface area contributed by atoms with Gasteiger partial charge in [-0.05, 0) is 56.1 Å². The minimum absolute atomic E-state index is 0.0582. The molecule has 0 radical (unpaired) electrons. The van der Waals surface area contributed by atoms with Crippen LogP contribution in [0.4, 0.5) is 0 Å². The summed E-state index contributed by atoms with van der Waals surface area (Å²) in [5.41, 5.74) is 12.5. The number of primary amides is 1. The van der Waals surface area contributed by atoms with Crippen LogP contribution in [0.25, 0.3) is 0 Å². The summed E-state index contributed by atoms with van der Waals surface area (Å²) >= 11 is 4.22. The number of benzene rings is 2. The Labute approximate surface area is 438 Å². The third-order valence-electron chi connectivity index (χ3n) is 11.9. The smallest absolute Gasteiger partial charge is 0.326 e. The Balaban J connectivity index is 1.74. The van der Waals surface area contributed by atoms with E-state index in [-0.39, 0.29) is 50.3 Å². The maximum atomic E-state index is 13.8. The summed E-state index contributed by atoms with van der Waals surface area (Å²) in [5.74, 6) is -12.9. The molecule has 0 aliphatic carbocycles. The summed E-state index contributed by atoms with van der Waals surface area (Å²) in [6.45, 7) is 4.72. The second-order valence-corrected chi connectivity index (χ2v) is 18.8. The Bertz CT molecular complexity index is 2360. The lowest BCUT2D eigenvalue weighted by atomic mass is 10.0. The number of hydrogen-bond acceptors (Lipinski definition) is 14. The molecule has 9 amide bonds. The first-order valence-corrected chi connectivity index (χ1v) is 24.9. The van der Waals surface area contributed by atoms with E-state index in [1.807, 2.05) is 0 Å². The molecule has 9 atom stereocenters. The number of thiol groups is 1. The molecule has 1 heterocycles. The van der Waals surface area contributed by atoms with E-state index in [9.17, 15) is 67.7 Å². The molecule has 2 aromatic carbocycles. The van der Waals surface area contributed by atoms with Gasteiger partial charge in [0.15, 0.2) is 0 Å². The minimum atomic E-state index is -1.76. The predicted octanol–water partition coefficient (Wildman–Crippen LogP) is -2.13. The van der Waals surface area contributed by atoms with Crippen LogP contribution in [-0.4, -0.2) is 158 Å². The van der Waals surface area contributed by atoms with Crippen LogP contribution in [0.3, 0.4) is 0 Å². The maximum Gasteiger partial charge on any atom is 0.326 e. The van der Waals surface area contributed by atoms with Gasteiger partial charge in [-0.15, -0.1) is 0 Å². The van der Waals surface area contributed by atoms with Crippen molar-refractivity contribution in [1.82, 2.24) is 42.1 Å². The number of nitrogens with two attached hydrogens (primary N) is 2. The molecule has 1 saturated heterocycles. The molecule has 0 bridgehead atoms. The zero-order chi connectivity index (χ0) is 55.9. The van der Waals surface area contributed by atoms with Crippen LogP contribution in [0.5, 0.6) is 0 Å². The van der Waals surface area contributed by atoms with Crippen LogP contribution in [0.15, 0.2) is 60.7 Å². The topological polar surface area (TPSA) is 405 Å². The summed E-state index contributed by atoms with van der Waals surface area (Å²) in [7, 11) is 0. The van der Waals surface area contributed by atoms with Crippen molar-refractivity contribution in [2.45, 2.75) is 139 Å². The van der Waals surface area contributed by atoms with Crippen molar-refractivity contribution in [3.63, 3.8) is 0 Å². The second kappa shape index (κ2) is 30.6. The van der Waals surface area contributed by atoms with E-state index < -0.39 is 151 Å². The van der Waals surface area contributed by atoms with Gasteiger partial charge in [-0.3, -0.25) is 52.7 Å². The molecule has 75 heavy (non-hydrogen) atoms. The first-order chi connectivity index (χ1) is 35.4. The van der Waals surface area contributed by atoms with Gasteiger partial charge in [-0.25, -0.2) is 4.79 Å². The molecule has 26 heteroatoms. The van der Waals surface area contributed by atoms with Crippen molar-refractivity contribution < 1.29 is 72.9 Å². The summed E-state index contributed by atoms with van der Waals surface area (Å²) in [4.78, 5) is 157. The highest BCUT2D eigenvalue weighted by molar-refractivity contribution is 7.80. The molecule has 0 aromatic heterocycles. The van der Waals surface area contributed by atoms with E-state index in [1.165, 1.54) is 6.92 Å². The minimum Gasteiger partial charge on any atom is -0.481 e. The van der Waals surface area contributed by atoms with Crippen LogP contribution in [0.2, 0.25) is 0 Å². The number of carbonyl (C=O) groups is 12. The highest BCUT2D eigenvalue weighted by Gasteiger charge is 2.39. The van der Waals surface area contributed by atoms with E-state index in [0.29, 0.717) is 17.5 Å². The first kappa shape index (κ1) is 61.7. The van der Waals surface area contributed by atoms with Gasteiger partial charge in [0.2, 0.25) is 53.2 Å². The highest BCUT2D eigenvalue weighted by Crippen LogP contribution is 2.20. The third-order valence-corrected chi connectivity index (χ3v) is 12.2. The highest BCUT2D eigenvalue weighted by atomic mass is 32.1. The molecule has 0 spiro atoms. The van der Waals surface area contributed by atoms with Gasteiger partial charge in [-0.2, -0.15) is 12.6 Å². The number of carboxylic acids is 3. The molecule has 14 N–H and O–H groups in total. The molecular weight excluding hydrogens is 1000 g/mol. The lowest BCUT2D eigenvalue weighted by molar-refractivity contribution is -0.144. The van der Waals surface area contributed by atoms with Crippen LogP contribution in [0.1, 0.15) is 83.3 Å². The molecule has 25 nitrogen and oxygen atoms in total. The Kier molecular flexibility index (Phi) is 25.1. The molecule has 0 saturated carbocycles. The fraction of sp³-hybridized carbons (Fsp3) is 0.510. The molecule has 1 fully saturated rings. The van der Waals surface area contributed by atoms with E-state index in [4.69, 9.17) is 16.6 Å². The number of aliphatic carboxylic acids is 3. The van der Waals surface area contributed by atoms with Crippen molar-refractivity contribution in [3.8, 4) is 0 Å². The second-order valence-electron chi connectivity index (χ2n) is 18.5. The van der Waals surface area contributed by atoms with Crippen LogP contribution >= 0.6 is 12.6 Å². The number of amides is 9. The summed E-state index contributed by atoms with van der Waals surface area (Å²) < 4.78 is 0. The Morgan fingerprint density at radius 1 is 0.600 bits per heavy atom. The van der Waals surface area contributed by atoms with Gasteiger partial charge in [0.1, 0.15) is 48.3 Å². The van der Waals surface area contributed by atoms with Crippen molar-refractivity contribution >= 4 is 83.7 Å². The van der Waals surface area contributed by atoms with Crippen molar-refractivity contribution in [3.05, 3.63) is 71.8 Å². The number of carboxylic acid groups (broad SMARTS) is 3. The standard InChI is InChI=1S/C49H68N10O15S/c1-26(2)21-32(54-45(69)34(24-40(63)64)56-47(71)37-15-10-20-59(37)48(72)30(50)16-19-39(61)62)43(67)52-27(3)41(65)53-31(17-18-38(51)60)42(66)58-36(25-75)46(70)55-33(22-28-11-6-4-7-12-28)44(68)57-35(49(73)74)23-29-13-8-5-9-14-29/h4-9,11-14,26-27,30-37,75H,10,15-25,50H2,1-3H3,(H2,51,60)(H,52,67)(H,53,65)(H,54,69)(H,55,70)(H,56,71)(H,57,68)(H,58,66)(H,61,62)(H,63,64)(H,73,74)/t27-,30-,31-,32-,33-,34-,35-,36-,37-/m0/s1. The maximum absolute atomic E-state index is 13.8. The first-order valence-electron chi connectivity index (χ1n) is 24.2. The zero-order valence-electron chi connectivity index (χ0n) is 41.8. The average molecular weight is 1070 g/mol. The number of hydrogen-bond donors (Lipinski definition) is 13. The van der Waals surface area contributed by atoms with Gasteiger partial charge in [0.05, 0.1) is 12.5 Å². The quantitative estimate of drug-likeness (QED) is 0.0359. The van der Waals surface area contributed by atoms with Crippen LogP contribution in [0, 0.1) is 5.92 Å². The van der Waals surface area contributed by atoms with Crippen molar-refractivity contribution in [2.24, 2.45) is 17.4 Å². The van der Waals surface area contributed by atoms with Gasteiger partial charge in [0.25, 0.3) is 0 Å². The Morgan fingerprint density at radius 2 is 1.09 bits per heavy atom. The van der Waals surface area contributed by atoms with Gasteiger partial charge in [-0.1, -0.05) is 74.5 Å². The number of rotatable bonds is 31. The van der Waals surface area contributed by atoms with Gasteiger partial charge < -0.3 is 68.9 Å². The Morgan fingerprint density at radius 3 is 1.63 bits per heavy atom. The normalized spacial score (nSPS) is 16.2. The largest absolute Gasteiger partial charge is 0.481 e. The summed E-state index contributed by atoms with van der Waals surface area (Å²) in [6.07, 6.45) is -2.12. The molecular formula is C49H68N10O15S. The summed E-state index contributed by atoms with van der Waals surface area (Å²) in [6, 6.07) is 4.23. The number of nitrogens with zero attached hydrogens (tertiary/aromatic N) is 1. The van der Waals surface area contributed by atoms with E-state index in [2.05, 4.69) is 49.8 Å². The van der Waals surface area contributed by atoms with E-state index in [1.54, 1.807) is 74.5 Å². The predicted molar refractivity (Wildman–Crippen MR) is 271 cm³/mol. The van der Waals surface area contributed by atoms with E-state index in [0.717, 1.165) is 4.90 Å². The summed E-state index contributed by atoms with van der Waals surface area (Å²) in [5, 5.41) is 45.7. The van der Waals surface area contributed by atoms with Gasteiger partial charge in [0, 0.05) is 38.0 Å². The lowest BCUT2D eigenvalue weighted by Gasteiger charge is -2.29. The Hall–Kier alpha value is -7.61. The van der Waals surface area contributed by atoms with Crippen LogP contribution < -0.4 is 48.7 Å². The molecule has 3 rings (SSSR count). The molecule has 2 aromatic rings. The molecule has 1 aliphatic heterocycles. The van der Waals surface area contributed by atoms with Gasteiger partial charge >= 0.3 is 17.9 Å². The monoisotopic (exact) mass is 1070 g/mol. The zero-order valence-corrected chi connectivity index (χ0v) is 42.7. The lowest BCUT2D eigenvalue weighted by Crippen LogP contribution is -2.60. The van der Waals surface area contributed by atoms with Crippen molar-refractivity contribution in [2.75, 3.05) is 12.3 Å². The molecule has 0 unspecified atom stereocenters. The molecule has 1 aliphatic rings. The SMILES string of the molecule is CC(C)C[C@H](NC(=O)[C@H](CC(=O)O)NC(=O)[C@@H]1CCCN1C(=O)[C@@H](N)CCC(=O)O)C(=O)N[C@@H](C)C(=O)N[C@@H](CCC(N)=O)C(=O)N[C@@H](CS)C(=O)N[C@@H](Cc1ccccc1)C(=O)N[C@@H](Cc1ccccc1)C(=O)O. The van der Waals surface area contributed by atoms with E-state index >= 15 is 0 Å². The number of nitrogens with one attached hydrogen (secondary N) is 7. The number of carbonyl (C=O) groups excluding carboxylic acids is 9.